The SMILES string of the molecule is C/C(=C\C=C/c1ccccc1)c1c(Cl)cc2c(N3CC4CCC(C3)N4C(=O)OC(C)(C)C)nc(OCC34CCCN3CCC4)nc2c1F. The molecule has 0 saturated carbocycles. The van der Waals surface area contributed by atoms with E-state index < -0.39 is 11.4 Å². The summed E-state index contributed by atoms with van der Waals surface area (Å²) in [6.45, 7) is 11.2. The summed E-state index contributed by atoms with van der Waals surface area (Å²) in [5, 5.41) is 0.829. The highest BCUT2D eigenvalue weighted by Gasteiger charge is 2.46. The third kappa shape index (κ3) is 6.39. The Hall–Kier alpha value is -3.69. The number of fused-ring (bicyclic) bond motifs is 4. The van der Waals surface area contributed by atoms with Crippen LogP contribution in [0.1, 0.15) is 77.3 Å². The Morgan fingerprint density at radius 2 is 1.77 bits per heavy atom. The van der Waals surface area contributed by atoms with Crippen molar-refractivity contribution in [1.82, 2.24) is 19.8 Å². The van der Waals surface area contributed by atoms with Crippen molar-refractivity contribution >= 4 is 46.1 Å². The number of ether oxygens (including phenoxy) is 2. The fourth-order valence-electron chi connectivity index (χ4n) is 8.13. The first-order valence-corrected chi connectivity index (χ1v) is 17.6. The van der Waals surface area contributed by atoms with Crippen LogP contribution >= 0.6 is 11.6 Å². The van der Waals surface area contributed by atoms with Crippen molar-refractivity contribution in [3.05, 3.63) is 70.5 Å². The van der Waals surface area contributed by atoms with Gasteiger partial charge in [0.2, 0.25) is 0 Å². The maximum Gasteiger partial charge on any atom is 0.410 e. The van der Waals surface area contributed by atoms with Gasteiger partial charge >= 0.3 is 12.1 Å². The maximum absolute atomic E-state index is 16.7. The van der Waals surface area contributed by atoms with E-state index in [1.54, 1.807) is 6.07 Å². The molecule has 7 rings (SSSR count). The van der Waals surface area contributed by atoms with Gasteiger partial charge in [0.25, 0.3) is 0 Å². The number of piperazine rings is 1. The van der Waals surface area contributed by atoms with Crippen molar-refractivity contribution in [3.8, 4) is 6.01 Å². The summed E-state index contributed by atoms with van der Waals surface area (Å²) in [5.74, 6) is 0.0886. The van der Waals surface area contributed by atoms with Gasteiger partial charge in [0.15, 0.2) is 5.82 Å². The highest BCUT2D eigenvalue weighted by molar-refractivity contribution is 6.33. The highest BCUT2D eigenvalue weighted by atomic mass is 35.5. The zero-order valence-corrected chi connectivity index (χ0v) is 29.1. The minimum atomic E-state index is -0.577. The van der Waals surface area contributed by atoms with Gasteiger partial charge in [0.05, 0.1) is 22.6 Å². The summed E-state index contributed by atoms with van der Waals surface area (Å²) in [4.78, 5) is 29.4. The van der Waals surface area contributed by atoms with Crippen molar-refractivity contribution in [2.45, 2.75) is 89.4 Å². The predicted molar refractivity (Wildman–Crippen MR) is 189 cm³/mol. The summed E-state index contributed by atoms with van der Waals surface area (Å²) >= 11 is 6.87. The predicted octanol–water partition coefficient (Wildman–Crippen LogP) is 8.13. The summed E-state index contributed by atoms with van der Waals surface area (Å²) in [6.07, 6.45) is 11.7. The summed E-state index contributed by atoms with van der Waals surface area (Å²) in [7, 11) is 0. The van der Waals surface area contributed by atoms with E-state index in [2.05, 4.69) is 9.80 Å². The number of rotatable bonds is 7. The Labute approximate surface area is 287 Å². The normalized spacial score (nSPS) is 22.6. The third-order valence-electron chi connectivity index (χ3n) is 10.3. The van der Waals surface area contributed by atoms with Gasteiger partial charge in [-0.3, -0.25) is 9.80 Å². The first-order chi connectivity index (χ1) is 23.0. The maximum atomic E-state index is 16.7. The van der Waals surface area contributed by atoms with Crippen LogP contribution in [0.3, 0.4) is 0 Å². The number of hydrogen-bond acceptors (Lipinski definition) is 7. The van der Waals surface area contributed by atoms with E-state index in [1.165, 1.54) is 0 Å². The molecule has 3 aromatic rings. The zero-order valence-electron chi connectivity index (χ0n) is 28.3. The lowest BCUT2D eigenvalue weighted by molar-refractivity contribution is 0.0122. The Kier molecular flexibility index (Phi) is 8.87. The second kappa shape index (κ2) is 13.0. The van der Waals surface area contributed by atoms with Crippen molar-refractivity contribution in [3.63, 3.8) is 0 Å². The molecule has 0 N–H and O–H groups in total. The Balaban J connectivity index is 1.24. The molecule has 254 valence electrons. The molecule has 10 heteroatoms. The second-order valence-electron chi connectivity index (χ2n) is 14.8. The summed E-state index contributed by atoms with van der Waals surface area (Å²) < 4.78 is 28.9. The average molecular weight is 674 g/mol. The standard InChI is InChI=1S/C38H45ClFN5O3/c1-25(11-8-14-26-12-6-5-7-13-26)31-30(39)21-29-33(32(31)40)41-35(47-24-38-17-9-19-44(38)20-10-18-38)42-34(29)43-22-27-15-16-28(23-43)45(27)36(46)48-37(2,3)4/h5-8,11-14,21,27-28H,9-10,15-20,22-24H2,1-4H3/b14-8-,25-11+. The second-order valence-corrected chi connectivity index (χ2v) is 15.2. The summed E-state index contributed by atoms with van der Waals surface area (Å²) in [5.41, 5.74) is 1.64. The fourth-order valence-corrected chi connectivity index (χ4v) is 8.47. The number of nitrogens with zero attached hydrogens (tertiary/aromatic N) is 5. The molecule has 4 aliphatic heterocycles. The van der Waals surface area contributed by atoms with Gasteiger partial charge in [-0.15, -0.1) is 0 Å². The number of amides is 1. The van der Waals surface area contributed by atoms with Crippen LogP contribution in [-0.2, 0) is 4.74 Å². The van der Waals surface area contributed by atoms with E-state index in [9.17, 15) is 4.79 Å². The topological polar surface area (TPSA) is 71.0 Å². The molecule has 5 heterocycles. The molecule has 2 atom stereocenters. The minimum absolute atomic E-state index is 0.00918. The molecule has 8 nitrogen and oxygen atoms in total. The van der Waals surface area contributed by atoms with Crippen molar-refractivity contribution < 1.29 is 18.7 Å². The van der Waals surface area contributed by atoms with Gasteiger partial charge in [-0.05, 0) is 96.5 Å². The molecule has 0 radical (unpaired) electrons. The highest BCUT2D eigenvalue weighted by Crippen LogP contribution is 2.42. The lowest BCUT2D eigenvalue weighted by atomic mass is 9.95. The molecule has 0 aliphatic carbocycles. The molecule has 2 aromatic carbocycles. The van der Waals surface area contributed by atoms with Gasteiger partial charge in [0.1, 0.15) is 23.5 Å². The van der Waals surface area contributed by atoms with Crippen LogP contribution in [0.25, 0.3) is 22.6 Å². The number of carbonyl (C=O) groups excluding carboxylic acids is 1. The van der Waals surface area contributed by atoms with Crippen LogP contribution in [-0.4, -0.2) is 81.9 Å². The number of allylic oxidation sites excluding steroid dienone is 3. The number of hydrogen-bond donors (Lipinski definition) is 0. The van der Waals surface area contributed by atoms with Crippen LogP contribution in [0.4, 0.5) is 15.0 Å². The molecular weight excluding hydrogens is 629 g/mol. The zero-order chi connectivity index (χ0) is 33.6. The molecule has 4 fully saturated rings. The molecule has 0 spiro atoms. The van der Waals surface area contributed by atoms with E-state index in [4.69, 9.17) is 31.0 Å². The quantitative estimate of drug-likeness (QED) is 0.235. The molecule has 1 aromatic heterocycles. The molecule has 4 saturated heterocycles. The average Bonchev–Trinajstić information content (AvgIpc) is 3.70. The number of halogens is 2. The lowest BCUT2D eigenvalue weighted by Gasteiger charge is -2.42. The van der Waals surface area contributed by atoms with Gasteiger partial charge < -0.3 is 14.4 Å². The van der Waals surface area contributed by atoms with Crippen LogP contribution in [0.5, 0.6) is 6.01 Å². The van der Waals surface area contributed by atoms with Crippen molar-refractivity contribution in [2.75, 3.05) is 37.7 Å². The van der Waals surface area contributed by atoms with Gasteiger partial charge in [0, 0.05) is 24.0 Å². The van der Waals surface area contributed by atoms with E-state index in [0.717, 1.165) is 57.2 Å². The van der Waals surface area contributed by atoms with E-state index in [-0.39, 0.29) is 35.2 Å². The van der Waals surface area contributed by atoms with Gasteiger partial charge in [-0.1, -0.05) is 60.2 Å². The number of benzene rings is 2. The first kappa shape index (κ1) is 32.8. The Morgan fingerprint density at radius 3 is 2.44 bits per heavy atom. The molecule has 4 aliphatic rings. The van der Waals surface area contributed by atoms with Crippen LogP contribution in [0.15, 0.2) is 48.6 Å². The van der Waals surface area contributed by atoms with E-state index in [1.807, 2.05) is 81.2 Å². The molecular formula is C38H45ClFN5O3. The smallest absolute Gasteiger partial charge is 0.410 e. The Morgan fingerprint density at radius 1 is 1.08 bits per heavy atom. The fraction of sp³-hybridized carbons (Fsp3) is 0.500. The molecule has 1 amide bonds. The molecule has 2 unspecified atom stereocenters. The molecule has 48 heavy (non-hydrogen) atoms. The van der Waals surface area contributed by atoms with Crippen molar-refractivity contribution in [2.24, 2.45) is 0 Å². The third-order valence-corrected chi connectivity index (χ3v) is 10.6. The largest absolute Gasteiger partial charge is 0.461 e. The van der Waals surface area contributed by atoms with Crippen LogP contribution in [0, 0.1) is 5.82 Å². The number of aromatic nitrogens is 2. The molecule has 2 bridgehead atoms. The minimum Gasteiger partial charge on any atom is -0.461 e. The van der Waals surface area contributed by atoms with Crippen LogP contribution < -0.4 is 9.64 Å². The Bertz CT molecular complexity index is 1730. The van der Waals surface area contributed by atoms with Gasteiger partial charge in [-0.25, -0.2) is 9.18 Å². The van der Waals surface area contributed by atoms with Crippen LogP contribution in [0.2, 0.25) is 5.02 Å². The number of carbonyl (C=O) groups is 1. The van der Waals surface area contributed by atoms with E-state index >= 15 is 4.39 Å². The monoisotopic (exact) mass is 673 g/mol. The number of anilines is 1. The van der Waals surface area contributed by atoms with Crippen molar-refractivity contribution in [1.29, 1.82) is 0 Å². The van der Waals surface area contributed by atoms with E-state index in [0.29, 0.717) is 47.1 Å². The first-order valence-electron chi connectivity index (χ1n) is 17.3. The lowest BCUT2D eigenvalue weighted by Crippen LogP contribution is -2.57. The summed E-state index contributed by atoms with van der Waals surface area (Å²) in [6, 6.07) is 11.8. The van der Waals surface area contributed by atoms with Gasteiger partial charge in [-0.2, -0.15) is 9.97 Å².